The fraction of sp³-hybridized carbons (Fsp3) is 0.250. The number of nitrogens with zero attached hydrogens (tertiary/aromatic N) is 3. The quantitative estimate of drug-likeness (QED) is 0.118. The molecule has 3 aromatic carbocycles. The molecule has 1 fully saturated rings. The van der Waals surface area contributed by atoms with Crippen LogP contribution in [-0.4, -0.2) is 59.7 Å². The number of carbonyl (C=O) groups is 1. The lowest BCUT2D eigenvalue weighted by Gasteiger charge is -2.30. The summed E-state index contributed by atoms with van der Waals surface area (Å²) < 4.78 is 75.1. The molecule has 0 aliphatic carbocycles. The zero-order chi connectivity index (χ0) is 32.5. The van der Waals surface area contributed by atoms with Gasteiger partial charge in [0.25, 0.3) is 6.43 Å². The van der Waals surface area contributed by atoms with Crippen LogP contribution in [0.5, 0.6) is 17.2 Å². The number of ether oxygens (including phenoxy) is 2. The van der Waals surface area contributed by atoms with E-state index in [1.807, 2.05) is 0 Å². The summed E-state index contributed by atoms with van der Waals surface area (Å²) >= 11 is -2.08. The van der Waals surface area contributed by atoms with E-state index in [1.165, 1.54) is 27.3 Å². The Morgan fingerprint density at radius 2 is 1.87 bits per heavy atom. The van der Waals surface area contributed by atoms with E-state index in [0.29, 0.717) is 59.4 Å². The fourth-order valence-electron chi connectivity index (χ4n) is 5.63. The lowest BCUT2D eigenvalue weighted by molar-refractivity contribution is 0.0811. The zero-order valence-electron chi connectivity index (χ0n) is 24.6. The number of nitrogens with one attached hydrogen (secondary N) is 1. The summed E-state index contributed by atoms with van der Waals surface area (Å²) in [4.78, 5) is 16.7. The molecule has 0 spiro atoms. The van der Waals surface area contributed by atoms with Crippen molar-refractivity contribution in [3.05, 3.63) is 95.1 Å². The van der Waals surface area contributed by atoms with E-state index in [1.54, 1.807) is 55.5 Å². The van der Waals surface area contributed by atoms with Gasteiger partial charge >= 0.3 is 0 Å². The number of rotatable bonds is 10. The van der Waals surface area contributed by atoms with Gasteiger partial charge in [0, 0.05) is 24.0 Å². The summed E-state index contributed by atoms with van der Waals surface area (Å²) in [6.45, 7) is 1.72. The minimum atomic E-state index is -2.68. The maximum absolute atomic E-state index is 14.1. The van der Waals surface area contributed by atoms with Crippen LogP contribution in [0.15, 0.2) is 66.9 Å². The number of hydrogen-bond acceptors (Lipinski definition) is 6. The van der Waals surface area contributed by atoms with Crippen molar-refractivity contribution in [1.82, 2.24) is 19.1 Å². The molecule has 5 aromatic rings. The van der Waals surface area contributed by atoms with Gasteiger partial charge < -0.3 is 20.2 Å². The third-order valence-corrected chi connectivity index (χ3v) is 8.79. The minimum Gasteiger partial charge on any atom is -0.487 e. The standard InChI is InChI=1S/C32H30F3N5O5S/c1-18-12-21(6-7-27(18)45-28-5-3-2-4-24(28)33)40-32(36)23(16-37-40)31(41)26-13-20-14-29(44-17-30(34)35)22(15-25(20)38-26)19-8-10-39(11-9-19)46(42)43/h2-7,12-16,19,30,38H,8-11,17,36H2,1H3,(H,42,43). The predicted molar refractivity (Wildman–Crippen MR) is 167 cm³/mol. The first kappa shape index (κ1) is 31.3. The number of H-pyrrole nitrogens is 1. The number of hydrogen-bond donors (Lipinski definition) is 3. The maximum Gasteiger partial charge on any atom is 0.272 e. The second kappa shape index (κ2) is 13.0. The third-order valence-electron chi connectivity index (χ3n) is 7.99. The van der Waals surface area contributed by atoms with Gasteiger partial charge in [-0.2, -0.15) is 5.10 Å². The van der Waals surface area contributed by atoms with E-state index < -0.39 is 35.9 Å². The molecule has 1 aliphatic heterocycles. The Bertz CT molecular complexity index is 1940. The number of aryl methyl sites for hydroxylation is 1. The van der Waals surface area contributed by atoms with Crippen molar-refractivity contribution < 1.29 is 36.2 Å². The molecule has 1 saturated heterocycles. The Morgan fingerprint density at radius 3 is 2.57 bits per heavy atom. The van der Waals surface area contributed by atoms with Gasteiger partial charge in [0.05, 0.1) is 23.1 Å². The molecule has 14 heteroatoms. The van der Waals surface area contributed by atoms with Gasteiger partial charge in [-0.05, 0) is 85.3 Å². The number of ketones is 1. The average molecular weight is 654 g/mol. The van der Waals surface area contributed by atoms with Crippen molar-refractivity contribution >= 4 is 33.8 Å². The molecule has 46 heavy (non-hydrogen) atoms. The summed E-state index contributed by atoms with van der Waals surface area (Å²) in [6.07, 6.45) is -0.254. The number of aromatic nitrogens is 3. The number of alkyl halides is 2. The van der Waals surface area contributed by atoms with Crippen LogP contribution in [-0.2, 0) is 11.3 Å². The second-order valence-corrected chi connectivity index (χ2v) is 11.9. The molecular weight excluding hydrogens is 623 g/mol. The number of aromatic amines is 1. The highest BCUT2D eigenvalue weighted by atomic mass is 32.2. The van der Waals surface area contributed by atoms with Crippen molar-refractivity contribution in [3.63, 3.8) is 0 Å². The third kappa shape index (κ3) is 6.36. The summed E-state index contributed by atoms with van der Waals surface area (Å²) in [5, 5.41) is 4.91. The highest BCUT2D eigenvalue weighted by Gasteiger charge is 2.27. The zero-order valence-corrected chi connectivity index (χ0v) is 25.4. The van der Waals surface area contributed by atoms with Crippen molar-refractivity contribution in [2.75, 3.05) is 25.4 Å². The number of anilines is 1. The lowest BCUT2D eigenvalue weighted by atomic mass is 9.89. The van der Waals surface area contributed by atoms with Gasteiger partial charge in [-0.3, -0.25) is 9.35 Å². The van der Waals surface area contributed by atoms with Crippen molar-refractivity contribution in [2.45, 2.75) is 32.1 Å². The van der Waals surface area contributed by atoms with E-state index >= 15 is 0 Å². The SMILES string of the molecule is Cc1cc(-n2ncc(C(=O)c3cc4cc(OCC(F)F)c(C5CCN(S(=O)O)CC5)cc4[nH]3)c2N)ccc1Oc1ccccc1F. The first-order valence-corrected chi connectivity index (χ1v) is 15.5. The topological polar surface area (TPSA) is 136 Å². The number of halogens is 3. The predicted octanol–water partition coefficient (Wildman–Crippen LogP) is 6.37. The minimum absolute atomic E-state index is 0.0905. The van der Waals surface area contributed by atoms with Gasteiger partial charge in [-0.15, -0.1) is 0 Å². The molecule has 4 N–H and O–H groups in total. The van der Waals surface area contributed by atoms with E-state index in [4.69, 9.17) is 15.2 Å². The van der Waals surface area contributed by atoms with E-state index in [-0.39, 0.29) is 34.5 Å². The van der Waals surface area contributed by atoms with Crippen LogP contribution in [0.3, 0.4) is 0 Å². The van der Waals surface area contributed by atoms with E-state index in [2.05, 4.69) is 10.1 Å². The second-order valence-electron chi connectivity index (χ2n) is 11.0. The molecule has 6 rings (SSSR count). The first-order chi connectivity index (χ1) is 22.1. The highest BCUT2D eigenvalue weighted by Crippen LogP contribution is 2.38. The largest absolute Gasteiger partial charge is 0.487 e. The molecule has 10 nitrogen and oxygen atoms in total. The molecule has 3 heterocycles. The number of para-hydroxylation sites is 1. The van der Waals surface area contributed by atoms with Crippen LogP contribution in [0.1, 0.15) is 45.9 Å². The maximum atomic E-state index is 14.1. The first-order valence-electron chi connectivity index (χ1n) is 14.4. The van der Waals surface area contributed by atoms with Crippen LogP contribution >= 0.6 is 0 Å². The van der Waals surface area contributed by atoms with Gasteiger partial charge in [0.1, 0.15) is 23.9 Å². The number of benzene rings is 3. The monoisotopic (exact) mass is 653 g/mol. The Morgan fingerprint density at radius 1 is 1.11 bits per heavy atom. The van der Waals surface area contributed by atoms with Gasteiger partial charge in [-0.25, -0.2) is 26.4 Å². The molecule has 0 saturated carbocycles. The Kier molecular flexibility index (Phi) is 8.84. The molecule has 1 atom stereocenters. The number of carbonyl (C=O) groups excluding carboxylic acids is 1. The van der Waals surface area contributed by atoms with E-state index in [0.717, 1.165) is 0 Å². The van der Waals surface area contributed by atoms with Crippen LogP contribution in [0.25, 0.3) is 16.6 Å². The molecule has 0 amide bonds. The van der Waals surface area contributed by atoms with Gasteiger partial charge in [0.2, 0.25) is 17.0 Å². The molecule has 0 radical (unpaired) electrons. The fourth-order valence-corrected chi connectivity index (χ4v) is 6.15. The normalized spacial score (nSPS) is 15.0. The van der Waals surface area contributed by atoms with Crippen molar-refractivity contribution in [1.29, 1.82) is 0 Å². The van der Waals surface area contributed by atoms with Crippen LogP contribution in [0.4, 0.5) is 19.0 Å². The lowest BCUT2D eigenvalue weighted by Crippen LogP contribution is -2.34. The number of nitrogen functional groups attached to an aromatic ring is 1. The summed E-state index contributed by atoms with van der Waals surface area (Å²) in [6, 6.07) is 16.2. The van der Waals surface area contributed by atoms with Crippen molar-refractivity contribution in [3.8, 4) is 22.9 Å². The van der Waals surface area contributed by atoms with Crippen LogP contribution in [0, 0.1) is 12.7 Å². The summed E-state index contributed by atoms with van der Waals surface area (Å²) in [5.41, 5.74) is 9.30. The summed E-state index contributed by atoms with van der Waals surface area (Å²) in [5.74, 6) is -0.101. The van der Waals surface area contributed by atoms with E-state index in [9.17, 15) is 26.7 Å². The molecular formula is C32H30F3N5O5S. The molecule has 0 bridgehead atoms. The number of piperidine rings is 1. The molecule has 2 aromatic heterocycles. The Hall–Kier alpha value is -4.66. The molecule has 1 unspecified atom stereocenters. The number of fused-ring (bicyclic) bond motifs is 1. The Balaban J connectivity index is 1.26. The molecule has 240 valence electrons. The van der Waals surface area contributed by atoms with Crippen LogP contribution < -0.4 is 15.2 Å². The summed E-state index contributed by atoms with van der Waals surface area (Å²) in [7, 11) is 0. The number of nitrogens with two attached hydrogens (primary N) is 1. The van der Waals surface area contributed by atoms with Gasteiger partial charge in [-0.1, -0.05) is 12.1 Å². The van der Waals surface area contributed by atoms with Gasteiger partial charge in [0.15, 0.2) is 11.6 Å². The van der Waals surface area contributed by atoms with Crippen LogP contribution in [0.2, 0.25) is 0 Å². The van der Waals surface area contributed by atoms with Crippen molar-refractivity contribution in [2.24, 2.45) is 0 Å². The highest BCUT2D eigenvalue weighted by molar-refractivity contribution is 7.76. The Labute approximate surface area is 264 Å². The molecule has 1 aliphatic rings. The smallest absolute Gasteiger partial charge is 0.272 e. The average Bonchev–Trinajstić information content (AvgIpc) is 3.64.